The molecule has 0 bridgehead atoms. The Morgan fingerprint density at radius 2 is 1.61 bits per heavy atom. The first-order valence-corrected chi connectivity index (χ1v) is 9.67. The van der Waals surface area contributed by atoms with Crippen molar-refractivity contribution in [3.05, 3.63) is 71.3 Å². The summed E-state index contributed by atoms with van der Waals surface area (Å²) < 4.78 is 0. The molecule has 0 radical (unpaired) electrons. The fourth-order valence-corrected chi connectivity index (χ4v) is 2.48. The zero-order valence-corrected chi connectivity index (χ0v) is 18.7. The van der Waals surface area contributed by atoms with E-state index in [1.807, 2.05) is 37.3 Å². The summed E-state index contributed by atoms with van der Waals surface area (Å²) in [4.78, 5) is 13.2. The lowest BCUT2D eigenvalue weighted by molar-refractivity contribution is 0.544. The van der Waals surface area contributed by atoms with E-state index in [1.165, 1.54) is 5.56 Å². The highest BCUT2D eigenvalue weighted by Crippen LogP contribution is 2.22. The van der Waals surface area contributed by atoms with Crippen LogP contribution >= 0.6 is 0 Å². The van der Waals surface area contributed by atoms with Crippen molar-refractivity contribution in [2.75, 3.05) is 7.05 Å². The molecule has 0 unspecified atom stereocenters. The second kappa shape index (κ2) is 10.1. The smallest absolute Gasteiger partial charge is 0.161 e. The normalized spacial score (nSPS) is 14.9. The topological polar surface area (TPSA) is 37.1 Å². The lowest BCUT2D eigenvalue weighted by Gasteiger charge is -2.19. The average molecular weight is 378 g/mol. The van der Waals surface area contributed by atoms with Gasteiger partial charge in [-0.25, -0.2) is 9.98 Å². The molecule has 150 valence electrons. The average Bonchev–Trinajstić information content (AvgIpc) is 2.61. The molecule has 0 aromatic heterocycles. The van der Waals surface area contributed by atoms with Crippen LogP contribution in [-0.4, -0.2) is 25.4 Å². The van der Waals surface area contributed by atoms with Crippen LogP contribution in [0.1, 0.15) is 59.6 Å². The molecule has 0 heterocycles. The number of nitrogens with zero attached hydrogens (tertiary/aromatic N) is 3. The Kier molecular flexibility index (Phi) is 8.49. The highest BCUT2D eigenvalue weighted by atomic mass is 15.0. The highest BCUT2D eigenvalue weighted by Gasteiger charge is 2.14. The minimum absolute atomic E-state index is 0.106. The van der Waals surface area contributed by atoms with Gasteiger partial charge in [-0.3, -0.25) is 4.99 Å². The number of hydrogen-bond acceptors (Lipinski definition) is 1. The SMILES string of the molecule is C=N\C(=N/C(=N\C)C(/C=C\C)=C\C=C\C(C)(C)C)c1ccc(C(C)(C)C)cc1. The zero-order valence-electron chi connectivity index (χ0n) is 18.7. The van der Waals surface area contributed by atoms with Crippen LogP contribution < -0.4 is 0 Å². The molecule has 0 spiro atoms. The van der Waals surface area contributed by atoms with Gasteiger partial charge in [-0.1, -0.05) is 96.2 Å². The third-order valence-corrected chi connectivity index (χ3v) is 4.06. The van der Waals surface area contributed by atoms with Crippen molar-refractivity contribution in [3.63, 3.8) is 0 Å². The summed E-state index contributed by atoms with van der Waals surface area (Å²) in [7, 11) is 1.74. The van der Waals surface area contributed by atoms with Gasteiger partial charge in [-0.05, 0) is 30.0 Å². The predicted octanol–water partition coefficient (Wildman–Crippen LogP) is 6.56. The first kappa shape index (κ1) is 23.5. The molecule has 0 aliphatic heterocycles. The van der Waals surface area contributed by atoms with E-state index in [0.717, 1.165) is 11.1 Å². The predicted molar refractivity (Wildman–Crippen MR) is 126 cm³/mol. The van der Waals surface area contributed by atoms with Crippen LogP contribution in [0.2, 0.25) is 0 Å². The lowest BCUT2D eigenvalue weighted by atomic mass is 9.86. The van der Waals surface area contributed by atoms with Crippen molar-refractivity contribution in [1.82, 2.24) is 0 Å². The Morgan fingerprint density at radius 1 is 1.00 bits per heavy atom. The molecule has 1 rings (SSSR count). The van der Waals surface area contributed by atoms with Crippen LogP contribution in [0.4, 0.5) is 0 Å². The second-order valence-electron chi connectivity index (χ2n) is 8.82. The summed E-state index contributed by atoms with van der Waals surface area (Å²) in [5.74, 6) is 1.19. The molecular weight excluding hydrogens is 342 g/mol. The summed E-state index contributed by atoms with van der Waals surface area (Å²) in [6, 6.07) is 8.32. The van der Waals surface area contributed by atoms with E-state index in [4.69, 9.17) is 4.99 Å². The molecular formula is C25H35N3. The maximum Gasteiger partial charge on any atom is 0.161 e. The molecule has 0 aliphatic carbocycles. The van der Waals surface area contributed by atoms with Gasteiger partial charge in [0.25, 0.3) is 0 Å². The molecule has 3 nitrogen and oxygen atoms in total. The summed E-state index contributed by atoms with van der Waals surface area (Å²) >= 11 is 0. The molecule has 0 amide bonds. The Morgan fingerprint density at radius 3 is 2.04 bits per heavy atom. The number of hydrogen-bond donors (Lipinski definition) is 0. The van der Waals surface area contributed by atoms with Gasteiger partial charge in [-0.15, -0.1) is 0 Å². The molecule has 3 heteroatoms. The zero-order chi connectivity index (χ0) is 21.4. The summed E-state index contributed by atoms with van der Waals surface area (Å²) in [6.45, 7) is 18.8. The summed E-state index contributed by atoms with van der Waals surface area (Å²) in [5, 5.41) is 0. The van der Waals surface area contributed by atoms with Crippen molar-refractivity contribution in [1.29, 1.82) is 0 Å². The Balaban J connectivity index is 3.30. The molecule has 0 atom stereocenters. The Hall–Kier alpha value is -2.55. The summed E-state index contributed by atoms with van der Waals surface area (Å²) in [6.07, 6.45) is 10.2. The number of rotatable bonds is 4. The largest absolute Gasteiger partial charge is 0.270 e. The number of aliphatic imine (C=N–C) groups is 3. The van der Waals surface area contributed by atoms with Crippen molar-refractivity contribution in [3.8, 4) is 0 Å². The molecule has 1 aromatic carbocycles. The van der Waals surface area contributed by atoms with Crippen LogP contribution in [-0.2, 0) is 5.41 Å². The standard InChI is InChI=1S/C25H35N3/c1-10-12-19(13-11-18-24(2,3)4)22(26-8)28-23(27-9)20-14-16-21(17-15-20)25(5,6)7/h10-18H,9H2,1-8H3/b12-10-,18-11+,19-13-,26-22-,28-23-. The van der Waals surface area contributed by atoms with E-state index in [9.17, 15) is 0 Å². The van der Waals surface area contributed by atoms with Gasteiger partial charge in [0.05, 0.1) is 0 Å². The van der Waals surface area contributed by atoms with E-state index in [2.05, 4.69) is 82.5 Å². The monoisotopic (exact) mass is 377 g/mol. The van der Waals surface area contributed by atoms with Crippen LogP contribution in [0.15, 0.2) is 75.2 Å². The van der Waals surface area contributed by atoms with Crippen molar-refractivity contribution >= 4 is 18.4 Å². The molecule has 0 fully saturated rings. The van der Waals surface area contributed by atoms with Crippen molar-refractivity contribution in [2.24, 2.45) is 20.4 Å². The second-order valence-corrected chi connectivity index (χ2v) is 8.82. The first-order chi connectivity index (χ1) is 13.0. The third-order valence-electron chi connectivity index (χ3n) is 4.06. The van der Waals surface area contributed by atoms with Gasteiger partial charge < -0.3 is 0 Å². The van der Waals surface area contributed by atoms with Gasteiger partial charge in [0.1, 0.15) is 0 Å². The van der Waals surface area contributed by atoms with Gasteiger partial charge in [-0.2, -0.15) is 0 Å². The fourth-order valence-electron chi connectivity index (χ4n) is 2.48. The van der Waals surface area contributed by atoms with Crippen LogP contribution in [0.5, 0.6) is 0 Å². The van der Waals surface area contributed by atoms with Gasteiger partial charge >= 0.3 is 0 Å². The van der Waals surface area contributed by atoms with E-state index in [1.54, 1.807) is 7.05 Å². The molecule has 1 aromatic rings. The molecule has 0 aliphatic rings. The summed E-state index contributed by atoms with van der Waals surface area (Å²) in [5.41, 5.74) is 3.35. The number of allylic oxidation sites excluding steroid dienone is 4. The molecule has 0 saturated carbocycles. The maximum absolute atomic E-state index is 4.69. The molecule has 28 heavy (non-hydrogen) atoms. The van der Waals surface area contributed by atoms with Crippen LogP contribution in [0.3, 0.4) is 0 Å². The minimum atomic E-state index is 0.106. The number of benzene rings is 1. The fraction of sp³-hybridized carbons (Fsp3) is 0.400. The third kappa shape index (κ3) is 7.59. The first-order valence-electron chi connectivity index (χ1n) is 9.67. The number of amidine groups is 2. The van der Waals surface area contributed by atoms with E-state index >= 15 is 0 Å². The van der Waals surface area contributed by atoms with E-state index in [0.29, 0.717) is 11.7 Å². The van der Waals surface area contributed by atoms with Gasteiger partial charge in [0, 0.05) is 18.2 Å². The van der Waals surface area contributed by atoms with E-state index in [-0.39, 0.29) is 10.8 Å². The molecule has 0 N–H and O–H groups in total. The Bertz CT molecular complexity index is 803. The Labute approximate surface area is 171 Å². The van der Waals surface area contributed by atoms with Crippen LogP contribution in [0, 0.1) is 5.41 Å². The van der Waals surface area contributed by atoms with Crippen molar-refractivity contribution in [2.45, 2.75) is 53.9 Å². The minimum Gasteiger partial charge on any atom is -0.270 e. The van der Waals surface area contributed by atoms with Crippen molar-refractivity contribution < 1.29 is 0 Å². The van der Waals surface area contributed by atoms with Gasteiger partial charge in [0.2, 0.25) is 0 Å². The molecule has 0 saturated heterocycles. The highest BCUT2D eigenvalue weighted by molar-refractivity contribution is 6.13. The maximum atomic E-state index is 4.69. The van der Waals surface area contributed by atoms with Gasteiger partial charge in [0.15, 0.2) is 11.7 Å². The quantitative estimate of drug-likeness (QED) is 0.323. The lowest BCUT2D eigenvalue weighted by Crippen LogP contribution is -2.11. The van der Waals surface area contributed by atoms with E-state index < -0.39 is 0 Å². The van der Waals surface area contributed by atoms with Crippen LogP contribution in [0.25, 0.3) is 0 Å².